The summed E-state index contributed by atoms with van der Waals surface area (Å²) in [5.74, 6) is 0.965. The van der Waals surface area contributed by atoms with E-state index in [9.17, 15) is 4.79 Å². The van der Waals surface area contributed by atoms with Gasteiger partial charge in [0.2, 0.25) is 0 Å². The zero-order valence-corrected chi connectivity index (χ0v) is 11.1. The third-order valence-electron chi connectivity index (χ3n) is 2.25. The molecule has 0 saturated heterocycles. The summed E-state index contributed by atoms with van der Waals surface area (Å²) in [6.07, 6.45) is 2.55. The molecule has 1 rings (SSSR count). The molecule has 1 N–H and O–H groups in total. The van der Waals surface area contributed by atoms with E-state index < -0.39 is 0 Å². The number of benzene rings is 1. The first kappa shape index (κ1) is 14.2. The van der Waals surface area contributed by atoms with Gasteiger partial charge in [-0.3, -0.25) is 4.79 Å². The number of hydrogen-bond donors (Lipinski definition) is 1. The Morgan fingerprint density at radius 3 is 2.67 bits per heavy atom. The molecule has 0 aliphatic carbocycles. The van der Waals surface area contributed by atoms with Gasteiger partial charge in [0, 0.05) is 6.21 Å². The van der Waals surface area contributed by atoms with Crippen LogP contribution in [0.1, 0.15) is 25.8 Å². The molecule has 0 saturated carbocycles. The minimum absolute atomic E-state index is 0.0257. The number of ether oxygens (including phenoxy) is 1. The molecule has 1 aromatic rings. The van der Waals surface area contributed by atoms with Gasteiger partial charge < -0.3 is 4.74 Å². The van der Waals surface area contributed by atoms with Crippen molar-refractivity contribution in [1.82, 2.24) is 5.43 Å². The first-order valence-corrected chi connectivity index (χ1v) is 6.07. The SMILES string of the molecule is Cc1ccc(OCC(=O)N/N=C/CC(C)C)cc1. The molecular weight excluding hydrogens is 228 g/mol. The quantitative estimate of drug-likeness (QED) is 0.621. The number of amides is 1. The lowest BCUT2D eigenvalue weighted by Crippen LogP contribution is -2.24. The van der Waals surface area contributed by atoms with Crippen LogP contribution in [0, 0.1) is 12.8 Å². The zero-order chi connectivity index (χ0) is 13.4. The van der Waals surface area contributed by atoms with E-state index in [1.807, 2.05) is 31.2 Å². The van der Waals surface area contributed by atoms with E-state index in [1.165, 1.54) is 0 Å². The monoisotopic (exact) mass is 248 g/mol. The number of nitrogens with one attached hydrogen (secondary N) is 1. The number of aryl methyl sites for hydroxylation is 1. The number of hydrazone groups is 1. The van der Waals surface area contributed by atoms with E-state index in [4.69, 9.17) is 4.74 Å². The molecule has 0 aliphatic heterocycles. The Kier molecular flexibility index (Phi) is 5.91. The van der Waals surface area contributed by atoms with Gasteiger partial charge in [0.15, 0.2) is 6.61 Å². The van der Waals surface area contributed by atoms with Gasteiger partial charge in [-0.05, 0) is 31.4 Å². The summed E-state index contributed by atoms with van der Waals surface area (Å²) in [7, 11) is 0. The number of hydrogen-bond acceptors (Lipinski definition) is 3. The lowest BCUT2D eigenvalue weighted by Gasteiger charge is -2.05. The second-order valence-electron chi connectivity index (χ2n) is 4.58. The van der Waals surface area contributed by atoms with Crippen molar-refractivity contribution < 1.29 is 9.53 Å². The maximum absolute atomic E-state index is 11.4. The fraction of sp³-hybridized carbons (Fsp3) is 0.429. The van der Waals surface area contributed by atoms with Crippen LogP contribution in [0.4, 0.5) is 0 Å². The van der Waals surface area contributed by atoms with Gasteiger partial charge in [-0.1, -0.05) is 31.5 Å². The maximum atomic E-state index is 11.4. The number of carbonyl (C=O) groups excluding carboxylic acids is 1. The van der Waals surface area contributed by atoms with E-state index in [1.54, 1.807) is 6.21 Å². The fourth-order valence-corrected chi connectivity index (χ4v) is 1.20. The van der Waals surface area contributed by atoms with Crippen molar-refractivity contribution in [2.45, 2.75) is 27.2 Å². The highest BCUT2D eigenvalue weighted by Gasteiger charge is 2.00. The van der Waals surface area contributed by atoms with Crippen molar-refractivity contribution in [1.29, 1.82) is 0 Å². The van der Waals surface area contributed by atoms with E-state index in [0.717, 1.165) is 12.0 Å². The summed E-state index contributed by atoms with van der Waals surface area (Å²) in [5, 5.41) is 3.83. The van der Waals surface area contributed by atoms with Crippen molar-refractivity contribution in [3.05, 3.63) is 29.8 Å². The molecule has 0 aliphatic rings. The van der Waals surface area contributed by atoms with Crippen LogP contribution in [-0.4, -0.2) is 18.7 Å². The normalized spacial score (nSPS) is 10.9. The molecule has 1 amide bonds. The minimum atomic E-state index is -0.254. The second-order valence-corrected chi connectivity index (χ2v) is 4.58. The largest absolute Gasteiger partial charge is 0.484 e. The lowest BCUT2D eigenvalue weighted by atomic mass is 10.2. The highest BCUT2D eigenvalue weighted by Crippen LogP contribution is 2.10. The van der Waals surface area contributed by atoms with Crippen LogP contribution in [0.25, 0.3) is 0 Å². The average molecular weight is 248 g/mol. The Labute approximate surface area is 108 Å². The average Bonchev–Trinajstić information content (AvgIpc) is 2.34. The van der Waals surface area contributed by atoms with Gasteiger partial charge in [-0.25, -0.2) is 5.43 Å². The molecule has 0 heterocycles. The molecule has 0 spiro atoms. The summed E-state index contributed by atoms with van der Waals surface area (Å²) in [6.45, 7) is 6.16. The van der Waals surface area contributed by atoms with Crippen LogP contribution in [0.15, 0.2) is 29.4 Å². The highest BCUT2D eigenvalue weighted by atomic mass is 16.5. The van der Waals surface area contributed by atoms with Crippen molar-refractivity contribution >= 4 is 12.1 Å². The Morgan fingerprint density at radius 2 is 2.06 bits per heavy atom. The molecule has 0 atom stereocenters. The Hall–Kier alpha value is -1.84. The molecule has 0 unspecified atom stereocenters. The van der Waals surface area contributed by atoms with Crippen molar-refractivity contribution in [3.63, 3.8) is 0 Å². The van der Waals surface area contributed by atoms with Crippen LogP contribution in [0.5, 0.6) is 5.75 Å². The summed E-state index contributed by atoms with van der Waals surface area (Å²) >= 11 is 0. The van der Waals surface area contributed by atoms with Crippen LogP contribution in [0.2, 0.25) is 0 Å². The van der Waals surface area contributed by atoms with Gasteiger partial charge in [0.1, 0.15) is 5.75 Å². The number of rotatable bonds is 6. The molecule has 4 nitrogen and oxygen atoms in total. The van der Waals surface area contributed by atoms with Crippen LogP contribution in [0.3, 0.4) is 0 Å². The van der Waals surface area contributed by atoms with Gasteiger partial charge >= 0.3 is 0 Å². The van der Waals surface area contributed by atoms with Crippen LogP contribution < -0.4 is 10.2 Å². The van der Waals surface area contributed by atoms with Gasteiger partial charge in [0.25, 0.3) is 5.91 Å². The molecular formula is C14H20N2O2. The van der Waals surface area contributed by atoms with Gasteiger partial charge in [-0.15, -0.1) is 0 Å². The van der Waals surface area contributed by atoms with E-state index in [2.05, 4.69) is 24.4 Å². The van der Waals surface area contributed by atoms with E-state index in [0.29, 0.717) is 11.7 Å². The third kappa shape index (κ3) is 6.03. The topological polar surface area (TPSA) is 50.7 Å². The predicted molar refractivity (Wildman–Crippen MR) is 72.8 cm³/mol. The molecule has 0 bridgehead atoms. The minimum Gasteiger partial charge on any atom is -0.484 e. The Morgan fingerprint density at radius 1 is 1.39 bits per heavy atom. The van der Waals surface area contributed by atoms with Crippen LogP contribution in [-0.2, 0) is 4.79 Å². The molecule has 4 heteroatoms. The smallest absolute Gasteiger partial charge is 0.277 e. The van der Waals surface area contributed by atoms with E-state index in [-0.39, 0.29) is 12.5 Å². The van der Waals surface area contributed by atoms with Crippen molar-refractivity contribution in [3.8, 4) is 5.75 Å². The molecule has 0 radical (unpaired) electrons. The van der Waals surface area contributed by atoms with Crippen LogP contribution >= 0.6 is 0 Å². The second kappa shape index (κ2) is 7.48. The molecule has 98 valence electrons. The molecule has 1 aromatic carbocycles. The predicted octanol–water partition coefficient (Wildman–Crippen LogP) is 2.52. The Bertz CT molecular complexity index is 397. The molecule has 0 aromatic heterocycles. The standard InChI is InChI=1S/C14H20N2O2/c1-11(2)8-9-15-16-14(17)10-18-13-6-4-12(3)5-7-13/h4-7,9,11H,8,10H2,1-3H3,(H,16,17)/b15-9+. The first-order chi connectivity index (χ1) is 8.58. The van der Waals surface area contributed by atoms with Crippen molar-refractivity contribution in [2.75, 3.05) is 6.61 Å². The first-order valence-electron chi connectivity index (χ1n) is 6.07. The summed E-state index contributed by atoms with van der Waals surface area (Å²) < 4.78 is 5.31. The Balaban J connectivity index is 2.25. The lowest BCUT2D eigenvalue weighted by molar-refractivity contribution is -0.123. The van der Waals surface area contributed by atoms with Gasteiger partial charge in [0.05, 0.1) is 0 Å². The molecule has 18 heavy (non-hydrogen) atoms. The third-order valence-corrected chi connectivity index (χ3v) is 2.25. The van der Waals surface area contributed by atoms with Crippen molar-refractivity contribution in [2.24, 2.45) is 11.0 Å². The zero-order valence-electron chi connectivity index (χ0n) is 11.1. The summed E-state index contributed by atoms with van der Waals surface area (Å²) in [4.78, 5) is 11.4. The maximum Gasteiger partial charge on any atom is 0.277 e. The molecule has 0 fully saturated rings. The van der Waals surface area contributed by atoms with Gasteiger partial charge in [-0.2, -0.15) is 5.10 Å². The summed E-state index contributed by atoms with van der Waals surface area (Å²) in [6, 6.07) is 7.55. The fourth-order valence-electron chi connectivity index (χ4n) is 1.20. The number of carbonyl (C=O) groups is 1. The number of nitrogens with zero attached hydrogens (tertiary/aromatic N) is 1. The highest BCUT2D eigenvalue weighted by molar-refractivity contribution is 5.78. The summed E-state index contributed by atoms with van der Waals surface area (Å²) in [5.41, 5.74) is 3.58. The van der Waals surface area contributed by atoms with E-state index >= 15 is 0 Å².